The zero-order chi connectivity index (χ0) is 15.6. The van der Waals surface area contributed by atoms with Crippen molar-refractivity contribution >= 4 is 29.9 Å². The van der Waals surface area contributed by atoms with Gasteiger partial charge >= 0.3 is 0 Å². The molecule has 0 radical (unpaired) electrons. The van der Waals surface area contributed by atoms with Crippen LogP contribution in [-0.2, 0) is 6.54 Å². The van der Waals surface area contributed by atoms with Crippen molar-refractivity contribution in [2.75, 3.05) is 32.7 Å². The van der Waals surface area contributed by atoms with Crippen LogP contribution in [0, 0.1) is 0 Å². The third kappa shape index (κ3) is 8.01. The molecule has 7 heteroatoms. The normalized spacial score (nSPS) is 14.7. The van der Waals surface area contributed by atoms with Crippen molar-refractivity contribution in [1.82, 2.24) is 25.3 Å². The highest BCUT2D eigenvalue weighted by molar-refractivity contribution is 14.0. The maximum absolute atomic E-state index is 4.63. The lowest BCUT2D eigenvalue weighted by Gasteiger charge is -2.20. The quantitative estimate of drug-likeness (QED) is 0.256. The van der Waals surface area contributed by atoms with Crippen LogP contribution in [0.4, 0.5) is 0 Å². The summed E-state index contributed by atoms with van der Waals surface area (Å²) in [6, 6.07) is 2.79. The fourth-order valence-corrected chi connectivity index (χ4v) is 2.55. The number of nitrogens with zero attached hydrogens (tertiary/aromatic N) is 4. The van der Waals surface area contributed by atoms with Gasteiger partial charge in [-0.25, -0.2) is 0 Å². The number of aliphatic imine (C=N–C) groups is 1. The molecule has 0 saturated heterocycles. The maximum atomic E-state index is 4.63. The number of nitrogens with one attached hydrogen (secondary N) is 2. The van der Waals surface area contributed by atoms with Crippen molar-refractivity contribution in [3.63, 3.8) is 0 Å². The number of aryl methyl sites for hydroxylation is 1. The fourth-order valence-electron chi connectivity index (χ4n) is 2.55. The molecule has 2 rings (SSSR count). The second kappa shape index (κ2) is 11.7. The summed E-state index contributed by atoms with van der Waals surface area (Å²) in [6.45, 7) is 10.2. The van der Waals surface area contributed by atoms with E-state index in [-0.39, 0.29) is 24.0 Å². The van der Waals surface area contributed by atoms with Gasteiger partial charge in [0.25, 0.3) is 0 Å². The Morgan fingerprint density at radius 3 is 2.78 bits per heavy atom. The summed E-state index contributed by atoms with van der Waals surface area (Å²) >= 11 is 0. The number of hydrogen-bond acceptors (Lipinski definition) is 3. The Bertz CT molecular complexity index is 430. The molecule has 1 fully saturated rings. The van der Waals surface area contributed by atoms with Gasteiger partial charge in [0.1, 0.15) is 0 Å². The first-order valence-electron chi connectivity index (χ1n) is 8.57. The molecule has 0 bridgehead atoms. The summed E-state index contributed by atoms with van der Waals surface area (Å²) in [7, 11) is 0. The van der Waals surface area contributed by atoms with Crippen molar-refractivity contribution in [3.8, 4) is 0 Å². The molecule has 1 aliphatic rings. The Balaban J connectivity index is 0.00000264. The first-order chi connectivity index (χ1) is 10.8. The Morgan fingerprint density at radius 1 is 1.35 bits per heavy atom. The SMILES string of the molecule is CCNC(=NCCCn1cccn1)NCCN(CC)C1CC1.I. The number of guanidine groups is 1. The molecule has 1 aromatic heterocycles. The molecule has 0 aromatic carbocycles. The zero-order valence-corrected chi connectivity index (χ0v) is 16.7. The van der Waals surface area contributed by atoms with Crippen LogP contribution in [0.15, 0.2) is 23.5 Å². The van der Waals surface area contributed by atoms with E-state index in [1.807, 2.05) is 23.1 Å². The summed E-state index contributed by atoms with van der Waals surface area (Å²) in [5, 5.41) is 10.9. The molecule has 0 atom stereocenters. The lowest BCUT2D eigenvalue weighted by Crippen LogP contribution is -2.42. The van der Waals surface area contributed by atoms with Crippen LogP contribution in [0.2, 0.25) is 0 Å². The molecule has 0 unspecified atom stereocenters. The van der Waals surface area contributed by atoms with E-state index in [9.17, 15) is 0 Å². The number of halogens is 1. The molecule has 6 nitrogen and oxygen atoms in total. The topological polar surface area (TPSA) is 57.5 Å². The van der Waals surface area contributed by atoms with Crippen molar-refractivity contribution < 1.29 is 0 Å². The number of hydrogen-bond donors (Lipinski definition) is 2. The molecule has 1 aliphatic carbocycles. The maximum Gasteiger partial charge on any atom is 0.191 e. The summed E-state index contributed by atoms with van der Waals surface area (Å²) < 4.78 is 1.95. The van der Waals surface area contributed by atoms with E-state index in [2.05, 4.69) is 39.5 Å². The molecule has 132 valence electrons. The smallest absolute Gasteiger partial charge is 0.191 e. The summed E-state index contributed by atoms with van der Waals surface area (Å²) in [4.78, 5) is 7.18. The molecule has 1 heterocycles. The van der Waals surface area contributed by atoms with Gasteiger partial charge in [-0.05, 0) is 38.8 Å². The van der Waals surface area contributed by atoms with Crippen LogP contribution < -0.4 is 10.6 Å². The van der Waals surface area contributed by atoms with Crippen LogP contribution in [0.3, 0.4) is 0 Å². The Labute approximate surface area is 157 Å². The van der Waals surface area contributed by atoms with Gasteiger partial charge in [-0.1, -0.05) is 6.92 Å². The average molecular weight is 434 g/mol. The van der Waals surface area contributed by atoms with Gasteiger partial charge in [0.05, 0.1) is 0 Å². The average Bonchev–Trinajstić information content (AvgIpc) is 3.23. The fraction of sp³-hybridized carbons (Fsp3) is 0.750. The molecule has 2 N–H and O–H groups in total. The van der Waals surface area contributed by atoms with Crippen LogP contribution in [-0.4, -0.2) is 59.4 Å². The van der Waals surface area contributed by atoms with Crippen LogP contribution in [0.5, 0.6) is 0 Å². The van der Waals surface area contributed by atoms with E-state index >= 15 is 0 Å². The monoisotopic (exact) mass is 434 g/mol. The molecule has 0 aliphatic heterocycles. The van der Waals surface area contributed by atoms with Gasteiger partial charge < -0.3 is 10.6 Å². The summed E-state index contributed by atoms with van der Waals surface area (Å²) in [5.74, 6) is 0.926. The van der Waals surface area contributed by atoms with Gasteiger partial charge in [-0.2, -0.15) is 5.10 Å². The lowest BCUT2D eigenvalue weighted by molar-refractivity contribution is 0.282. The third-order valence-electron chi connectivity index (χ3n) is 3.88. The highest BCUT2D eigenvalue weighted by Gasteiger charge is 2.27. The molecule has 0 amide bonds. The van der Waals surface area contributed by atoms with Gasteiger partial charge in [0.15, 0.2) is 5.96 Å². The highest BCUT2D eigenvalue weighted by atomic mass is 127. The molecular formula is C16H31IN6. The first kappa shape index (κ1) is 20.2. The zero-order valence-electron chi connectivity index (χ0n) is 14.4. The predicted octanol–water partition coefficient (Wildman–Crippen LogP) is 1.93. The molecule has 23 heavy (non-hydrogen) atoms. The van der Waals surface area contributed by atoms with Gasteiger partial charge in [0, 0.05) is 51.2 Å². The highest BCUT2D eigenvalue weighted by Crippen LogP contribution is 2.25. The van der Waals surface area contributed by atoms with Gasteiger partial charge in [0.2, 0.25) is 0 Å². The summed E-state index contributed by atoms with van der Waals surface area (Å²) in [5.41, 5.74) is 0. The third-order valence-corrected chi connectivity index (χ3v) is 3.88. The van der Waals surface area contributed by atoms with E-state index in [1.165, 1.54) is 12.8 Å². The Kier molecular flexibility index (Phi) is 10.3. The first-order valence-corrected chi connectivity index (χ1v) is 8.57. The molecule has 1 aromatic rings. The minimum Gasteiger partial charge on any atom is -0.357 e. The van der Waals surface area contributed by atoms with Gasteiger partial charge in [-0.15, -0.1) is 24.0 Å². The Hall–Kier alpha value is -0.830. The second-order valence-corrected chi connectivity index (χ2v) is 5.67. The largest absolute Gasteiger partial charge is 0.357 e. The van der Waals surface area contributed by atoms with E-state index < -0.39 is 0 Å². The molecule has 0 spiro atoms. The van der Waals surface area contributed by atoms with Crippen LogP contribution in [0.25, 0.3) is 0 Å². The minimum absolute atomic E-state index is 0. The standard InChI is InChI=1S/C16H30N6.HI/c1-3-17-16(18-9-5-12-22-13-6-10-20-22)19-11-14-21(4-2)15-7-8-15;/h6,10,13,15H,3-5,7-9,11-12,14H2,1-2H3,(H2,17,18,19);1H. The number of aromatic nitrogens is 2. The van der Waals surface area contributed by atoms with Crippen LogP contribution >= 0.6 is 24.0 Å². The summed E-state index contributed by atoms with van der Waals surface area (Å²) in [6.07, 6.45) is 7.55. The second-order valence-electron chi connectivity index (χ2n) is 5.67. The van der Waals surface area contributed by atoms with E-state index in [0.717, 1.165) is 57.7 Å². The number of likely N-dealkylation sites (N-methyl/N-ethyl adjacent to an activating group) is 1. The van der Waals surface area contributed by atoms with Gasteiger partial charge in [-0.3, -0.25) is 14.6 Å². The van der Waals surface area contributed by atoms with E-state index in [4.69, 9.17) is 0 Å². The van der Waals surface area contributed by atoms with Crippen molar-refractivity contribution in [3.05, 3.63) is 18.5 Å². The van der Waals surface area contributed by atoms with Crippen LogP contribution in [0.1, 0.15) is 33.1 Å². The van der Waals surface area contributed by atoms with E-state index in [0.29, 0.717) is 0 Å². The Morgan fingerprint density at radius 2 is 2.17 bits per heavy atom. The van der Waals surface area contributed by atoms with Crippen molar-refractivity contribution in [1.29, 1.82) is 0 Å². The number of rotatable bonds is 10. The van der Waals surface area contributed by atoms with E-state index in [1.54, 1.807) is 0 Å². The van der Waals surface area contributed by atoms with Crippen molar-refractivity contribution in [2.45, 2.75) is 45.7 Å². The minimum atomic E-state index is 0. The predicted molar refractivity (Wildman–Crippen MR) is 107 cm³/mol. The van der Waals surface area contributed by atoms with Crippen molar-refractivity contribution in [2.24, 2.45) is 4.99 Å². The lowest BCUT2D eigenvalue weighted by atomic mass is 10.4. The molecule has 1 saturated carbocycles. The molecular weight excluding hydrogens is 403 g/mol.